The maximum Gasteiger partial charge on any atom is 0.335 e. The van der Waals surface area contributed by atoms with Crippen LogP contribution in [0.2, 0.25) is 0 Å². The zero-order valence-electron chi connectivity index (χ0n) is 12.8. The molecule has 0 aliphatic carbocycles. The van der Waals surface area contributed by atoms with Crippen LogP contribution >= 0.6 is 0 Å². The Morgan fingerprint density at radius 1 is 1.29 bits per heavy atom. The Bertz CT molecular complexity index is 524. The van der Waals surface area contributed by atoms with E-state index in [1.165, 1.54) is 25.3 Å². The Labute approximate surface area is 124 Å². The third-order valence-corrected chi connectivity index (χ3v) is 3.67. The van der Waals surface area contributed by atoms with Crippen molar-refractivity contribution in [1.29, 1.82) is 0 Å². The molecule has 116 valence electrons. The molecule has 1 aromatic carbocycles. The summed E-state index contributed by atoms with van der Waals surface area (Å²) in [5.41, 5.74) is 0.103. The van der Waals surface area contributed by atoms with E-state index in [0.717, 1.165) is 12.8 Å². The number of carboxylic acids is 1. The van der Waals surface area contributed by atoms with E-state index in [-0.39, 0.29) is 17.1 Å². The van der Waals surface area contributed by atoms with E-state index >= 15 is 0 Å². The van der Waals surface area contributed by atoms with Gasteiger partial charge in [0.2, 0.25) is 0 Å². The van der Waals surface area contributed by atoms with Gasteiger partial charge in [-0.1, -0.05) is 13.8 Å². The highest BCUT2D eigenvalue weighted by atomic mass is 16.5. The van der Waals surface area contributed by atoms with Crippen molar-refractivity contribution in [3.05, 3.63) is 23.8 Å². The predicted octanol–water partition coefficient (Wildman–Crippen LogP) is 3.09. The minimum atomic E-state index is -1.06. The van der Waals surface area contributed by atoms with E-state index in [2.05, 4.69) is 10.6 Å². The standard InChI is InChI=1S/C15H22N2O4/c1-5-15(3,6-2)17-14(20)16-11-9-10(13(18)19)7-8-12(11)21-4/h7-9H,5-6H2,1-4H3,(H,18,19)(H2,16,17,20). The third-order valence-electron chi connectivity index (χ3n) is 3.67. The number of carboxylic acid groups (broad SMARTS) is 1. The molecule has 0 fully saturated rings. The van der Waals surface area contributed by atoms with Crippen molar-refractivity contribution in [3.8, 4) is 5.75 Å². The van der Waals surface area contributed by atoms with Crippen molar-refractivity contribution in [1.82, 2.24) is 5.32 Å². The predicted molar refractivity (Wildman–Crippen MR) is 81.1 cm³/mol. The Morgan fingerprint density at radius 2 is 1.90 bits per heavy atom. The number of aromatic carboxylic acids is 1. The molecule has 1 aromatic rings. The monoisotopic (exact) mass is 294 g/mol. The van der Waals surface area contributed by atoms with Crippen LogP contribution in [-0.4, -0.2) is 29.8 Å². The van der Waals surface area contributed by atoms with Gasteiger partial charge in [0, 0.05) is 5.54 Å². The van der Waals surface area contributed by atoms with E-state index in [1.807, 2.05) is 20.8 Å². The first-order valence-corrected chi connectivity index (χ1v) is 6.85. The summed E-state index contributed by atoms with van der Waals surface area (Å²) in [7, 11) is 1.46. The van der Waals surface area contributed by atoms with Crippen LogP contribution in [0.4, 0.5) is 10.5 Å². The highest BCUT2D eigenvalue weighted by Gasteiger charge is 2.22. The number of amides is 2. The fourth-order valence-electron chi connectivity index (χ4n) is 1.79. The maximum atomic E-state index is 12.1. The molecule has 0 saturated heterocycles. The lowest BCUT2D eigenvalue weighted by atomic mass is 9.96. The second kappa shape index (κ2) is 6.97. The fraction of sp³-hybridized carbons (Fsp3) is 0.467. The van der Waals surface area contributed by atoms with Crippen LogP contribution in [0.25, 0.3) is 0 Å². The lowest BCUT2D eigenvalue weighted by molar-refractivity contribution is 0.0697. The summed E-state index contributed by atoms with van der Waals surface area (Å²) < 4.78 is 5.13. The van der Waals surface area contributed by atoms with Crippen LogP contribution in [0.15, 0.2) is 18.2 Å². The Kier molecular flexibility index (Phi) is 5.58. The van der Waals surface area contributed by atoms with Crippen molar-refractivity contribution in [3.63, 3.8) is 0 Å². The Hall–Kier alpha value is -2.24. The minimum Gasteiger partial charge on any atom is -0.495 e. The summed E-state index contributed by atoms with van der Waals surface area (Å²) in [6.07, 6.45) is 1.59. The average Bonchev–Trinajstić information content (AvgIpc) is 2.46. The van der Waals surface area contributed by atoms with Gasteiger partial charge in [0.15, 0.2) is 0 Å². The minimum absolute atomic E-state index is 0.0832. The lowest BCUT2D eigenvalue weighted by Crippen LogP contribution is -2.47. The van der Waals surface area contributed by atoms with Gasteiger partial charge in [0.05, 0.1) is 18.4 Å². The molecular formula is C15H22N2O4. The molecule has 0 spiro atoms. The summed E-state index contributed by atoms with van der Waals surface area (Å²) >= 11 is 0. The molecule has 0 saturated carbocycles. The van der Waals surface area contributed by atoms with Crippen LogP contribution < -0.4 is 15.4 Å². The van der Waals surface area contributed by atoms with Gasteiger partial charge in [-0.25, -0.2) is 9.59 Å². The number of carbonyl (C=O) groups is 2. The highest BCUT2D eigenvalue weighted by molar-refractivity contribution is 5.95. The first-order chi connectivity index (χ1) is 9.85. The number of anilines is 1. The van der Waals surface area contributed by atoms with Crippen LogP contribution in [0.5, 0.6) is 5.75 Å². The van der Waals surface area contributed by atoms with E-state index in [4.69, 9.17) is 9.84 Å². The van der Waals surface area contributed by atoms with E-state index in [1.54, 1.807) is 0 Å². The number of ether oxygens (including phenoxy) is 1. The smallest absolute Gasteiger partial charge is 0.335 e. The molecule has 6 heteroatoms. The van der Waals surface area contributed by atoms with Crippen LogP contribution in [-0.2, 0) is 0 Å². The molecular weight excluding hydrogens is 272 g/mol. The van der Waals surface area contributed by atoms with E-state index in [0.29, 0.717) is 11.4 Å². The molecule has 0 aromatic heterocycles. The van der Waals surface area contributed by atoms with Gasteiger partial charge >= 0.3 is 12.0 Å². The zero-order valence-corrected chi connectivity index (χ0v) is 12.8. The van der Waals surface area contributed by atoms with Gasteiger partial charge in [-0.15, -0.1) is 0 Å². The normalized spacial score (nSPS) is 10.9. The largest absolute Gasteiger partial charge is 0.495 e. The van der Waals surface area contributed by atoms with Crippen LogP contribution in [0.3, 0.4) is 0 Å². The molecule has 0 aliphatic heterocycles. The molecule has 0 heterocycles. The first-order valence-electron chi connectivity index (χ1n) is 6.85. The molecule has 1 rings (SSSR count). The SMILES string of the molecule is CCC(C)(CC)NC(=O)Nc1cc(C(=O)O)ccc1OC. The van der Waals surface area contributed by atoms with Gasteiger partial charge in [0.25, 0.3) is 0 Å². The number of benzene rings is 1. The molecule has 0 aliphatic rings. The number of nitrogens with one attached hydrogen (secondary N) is 2. The average molecular weight is 294 g/mol. The number of urea groups is 1. The molecule has 0 unspecified atom stereocenters. The maximum absolute atomic E-state index is 12.1. The van der Waals surface area contributed by atoms with Crippen LogP contribution in [0.1, 0.15) is 44.0 Å². The van der Waals surface area contributed by atoms with E-state index < -0.39 is 5.97 Å². The second-order valence-corrected chi connectivity index (χ2v) is 5.07. The Balaban J connectivity index is 2.93. The quantitative estimate of drug-likeness (QED) is 0.752. The number of carbonyl (C=O) groups excluding carboxylic acids is 1. The zero-order chi connectivity index (χ0) is 16.0. The van der Waals surface area contributed by atoms with Crippen molar-refractivity contribution >= 4 is 17.7 Å². The lowest BCUT2D eigenvalue weighted by Gasteiger charge is -2.28. The van der Waals surface area contributed by atoms with Gasteiger partial charge < -0.3 is 20.5 Å². The summed E-state index contributed by atoms with van der Waals surface area (Å²) in [6, 6.07) is 3.92. The van der Waals surface area contributed by atoms with Gasteiger partial charge in [0.1, 0.15) is 5.75 Å². The fourth-order valence-corrected chi connectivity index (χ4v) is 1.79. The van der Waals surface area contributed by atoms with Crippen molar-refractivity contribution in [2.45, 2.75) is 39.2 Å². The number of hydrogen-bond acceptors (Lipinski definition) is 3. The number of hydrogen-bond donors (Lipinski definition) is 3. The highest BCUT2D eigenvalue weighted by Crippen LogP contribution is 2.26. The van der Waals surface area contributed by atoms with Gasteiger partial charge in [-0.3, -0.25) is 0 Å². The molecule has 2 amide bonds. The summed E-state index contributed by atoms with van der Waals surface area (Å²) in [6.45, 7) is 5.95. The summed E-state index contributed by atoms with van der Waals surface area (Å²) in [4.78, 5) is 23.1. The topological polar surface area (TPSA) is 87.7 Å². The number of methoxy groups -OCH3 is 1. The first kappa shape index (κ1) is 16.8. The molecule has 0 atom stereocenters. The summed E-state index contributed by atoms with van der Waals surface area (Å²) in [5.74, 6) is -0.655. The summed E-state index contributed by atoms with van der Waals surface area (Å²) in [5, 5.41) is 14.5. The number of rotatable bonds is 6. The van der Waals surface area contributed by atoms with Crippen molar-refractivity contribution < 1.29 is 19.4 Å². The third kappa shape index (κ3) is 4.37. The molecule has 21 heavy (non-hydrogen) atoms. The molecule has 6 nitrogen and oxygen atoms in total. The van der Waals surface area contributed by atoms with Gasteiger partial charge in [-0.2, -0.15) is 0 Å². The van der Waals surface area contributed by atoms with E-state index in [9.17, 15) is 9.59 Å². The Morgan fingerprint density at radius 3 is 2.38 bits per heavy atom. The van der Waals surface area contributed by atoms with Crippen molar-refractivity contribution in [2.24, 2.45) is 0 Å². The van der Waals surface area contributed by atoms with Crippen LogP contribution in [0, 0.1) is 0 Å². The van der Waals surface area contributed by atoms with Gasteiger partial charge in [-0.05, 0) is 38.0 Å². The molecule has 0 radical (unpaired) electrons. The molecule has 0 bridgehead atoms. The van der Waals surface area contributed by atoms with Crippen molar-refractivity contribution in [2.75, 3.05) is 12.4 Å². The molecule has 3 N–H and O–H groups in total. The second-order valence-electron chi connectivity index (χ2n) is 5.07.